The van der Waals surface area contributed by atoms with E-state index < -0.39 is 12.2 Å². The number of guanidine groups is 1. The molecule has 0 bridgehead atoms. The van der Waals surface area contributed by atoms with Gasteiger partial charge in [0, 0.05) is 31.3 Å². The van der Waals surface area contributed by atoms with E-state index in [0.29, 0.717) is 30.3 Å². The molecule has 2 aromatic rings. The Hall–Kier alpha value is -3.66. The highest BCUT2D eigenvalue weighted by molar-refractivity contribution is 5.90. The van der Waals surface area contributed by atoms with Crippen LogP contribution in [0, 0.1) is 5.82 Å². The van der Waals surface area contributed by atoms with Gasteiger partial charge in [-0.3, -0.25) is 20.1 Å². The number of rotatable bonds is 7. The zero-order chi connectivity index (χ0) is 22.5. The molecule has 2 aliphatic heterocycles. The summed E-state index contributed by atoms with van der Waals surface area (Å²) in [6, 6.07) is 12.3. The number of hydrogen-bond donors (Lipinski definition) is 4. The summed E-state index contributed by atoms with van der Waals surface area (Å²) in [4.78, 5) is 28.9. The topological polar surface area (TPSA) is 107 Å². The van der Waals surface area contributed by atoms with Crippen LogP contribution in [0.2, 0.25) is 0 Å². The van der Waals surface area contributed by atoms with E-state index in [2.05, 4.69) is 26.5 Å². The molecule has 10 heteroatoms. The fraction of sp³-hybridized carbons (Fsp3) is 0.318. The van der Waals surface area contributed by atoms with Gasteiger partial charge in [-0.05, 0) is 29.3 Å². The number of nitrogens with zero attached hydrogens (tertiary/aromatic N) is 2. The SMILES string of the molecule is CC(=O)NCC1CN(c2ccc(-c3ccc(CNNC4=NCCN4)c(F)c3)cc2)C(=O)O1. The molecule has 0 aromatic heterocycles. The van der Waals surface area contributed by atoms with Crippen molar-refractivity contribution < 1.29 is 18.7 Å². The maximum absolute atomic E-state index is 14.6. The summed E-state index contributed by atoms with van der Waals surface area (Å²) in [5.41, 5.74) is 8.64. The lowest BCUT2D eigenvalue weighted by molar-refractivity contribution is -0.119. The van der Waals surface area contributed by atoms with Gasteiger partial charge in [-0.1, -0.05) is 24.3 Å². The van der Waals surface area contributed by atoms with Gasteiger partial charge >= 0.3 is 6.09 Å². The molecule has 32 heavy (non-hydrogen) atoms. The van der Waals surface area contributed by atoms with E-state index in [1.54, 1.807) is 18.2 Å². The van der Waals surface area contributed by atoms with Gasteiger partial charge in [0.15, 0.2) is 0 Å². The molecule has 2 heterocycles. The normalized spacial score (nSPS) is 17.6. The van der Waals surface area contributed by atoms with Gasteiger partial charge in [0.25, 0.3) is 0 Å². The van der Waals surface area contributed by atoms with Crippen LogP contribution in [0.25, 0.3) is 11.1 Å². The smallest absolute Gasteiger partial charge is 0.414 e. The van der Waals surface area contributed by atoms with Crippen molar-refractivity contribution >= 4 is 23.6 Å². The number of hydrazine groups is 1. The number of cyclic esters (lactones) is 1. The van der Waals surface area contributed by atoms with Gasteiger partial charge in [-0.25, -0.2) is 14.6 Å². The van der Waals surface area contributed by atoms with Gasteiger partial charge in [-0.15, -0.1) is 0 Å². The summed E-state index contributed by atoms with van der Waals surface area (Å²) in [5, 5.41) is 5.71. The second kappa shape index (κ2) is 9.65. The minimum Gasteiger partial charge on any atom is -0.442 e. The van der Waals surface area contributed by atoms with E-state index in [4.69, 9.17) is 4.74 Å². The molecule has 2 aromatic carbocycles. The molecule has 2 amide bonds. The second-order valence-corrected chi connectivity index (χ2v) is 7.54. The van der Waals surface area contributed by atoms with Crippen LogP contribution in [-0.4, -0.2) is 50.2 Å². The predicted molar refractivity (Wildman–Crippen MR) is 118 cm³/mol. The lowest BCUT2D eigenvalue weighted by atomic mass is 10.0. The number of ether oxygens (including phenoxy) is 1. The predicted octanol–water partition coefficient (Wildman–Crippen LogP) is 1.51. The van der Waals surface area contributed by atoms with Crippen molar-refractivity contribution in [3.8, 4) is 11.1 Å². The molecule has 1 fully saturated rings. The minimum absolute atomic E-state index is 0.172. The molecule has 1 unspecified atom stereocenters. The first-order valence-electron chi connectivity index (χ1n) is 10.4. The number of anilines is 1. The number of amides is 2. The minimum atomic E-state index is -0.455. The highest BCUT2D eigenvalue weighted by Gasteiger charge is 2.32. The molecule has 1 atom stereocenters. The Bertz CT molecular complexity index is 1030. The van der Waals surface area contributed by atoms with Crippen molar-refractivity contribution in [1.82, 2.24) is 21.5 Å². The Kier molecular flexibility index (Phi) is 6.50. The zero-order valence-corrected chi connectivity index (χ0v) is 17.7. The molecular formula is C22H25FN6O3. The van der Waals surface area contributed by atoms with E-state index in [-0.39, 0.29) is 18.3 Å². The largest absolute Gasteiger partial charge is 0.442 e. The number of halogens is 1. The lowest BCUT2D eigenvalue weighted by Gasteiger charge is -2.14. The molecule has 0 aliphatic carbocycles. The molecule has 1 saturated heterocycles. The molecule has 0 saturated carbocycles. The van der Waals surface area contributed by atoms with E-state index >= 15 is 0 Å². The molecule has 4 N–H and O–H groups in total. The van der Waals surface area contributed by atoms with Crippen LogP contribution in [0.5, 0.6) is 0 Å². The van der Waals surface area contributed by atoms with Crippen molar-refractivity contribution in [3.05, 3.63) is 53.8 Å². The Labute approximate surface area is 185 Å². The first-order valence-corrected chi connectivity index (χ1v) is 10.4. The number of nitrogens with one attached hydrogen (secondary N) is 4. The third kappa shape index (κ3) is 5.14. The average molecular weight is 440 g/mol. The molecule has 168 valence electrons. The zero-order valence-electron chi connectivity index (χ0n) is 17.7. The van der Waals surface area contributed by atoms with Gasteiger partial charge in [-0.2, -0.15) is 0 Å². The standard InChI is InChI=1S/C22H25FN6O3/c1-14(30)26-12-19-13-29(22(31)32-19)18-6-4-15(5-7-18)16-2-3-17(20(23)10-16)11-27-28-21-24-8-9-25-21/h2-7,10,19,27H,8-9,11-13H2,1H3,(H,26,30)(H2,24,25,28). The van der Waals surface area contributed by atoms with Gasteiger partial charge in [0.2, 0.25) is 11.9 Å². The summed E-state index contributed by atoms with van der Waals surface area (Å²) in [6.45, 7) is 3.87. The molecule has 9 nitrogen and oxygen atoms in total. The fourth-order valence-electron chi connectivity index (χ4n) is 3.51. The monoisotopic (exact) mass is 440 g/mol. The van der Waals surface area contributed by atoms with Gasteiger partial charge in [0.05, 0.1) is 19.6 Å². The van der Waals surface area contributed by atoms with Crippen LogP contribution < -0.4 is 26.4 Å². The number of carbonyl (C=O) groups is 2. The molecule has 2 aliphatic rings. The quantitative estimate of drug-likeness (QED) is 0.487. The fourth-order valence-corrected chi connectivity index (χ4v) is 3.51. The highest BCUT2D eigenvalue weighted by Crippen LogP contribution is 2.27. The van der Waals surface area contributed by atoms with Crippen LogP contribution >= 0.6 is 0 Å². The summed E-state index contributed by atoms with van der Waals surface area (Å²) in [5.74, 6) is 0.172. The van der Waals surface area contributed by atoms with Crippen LogP contribution in [0.4, 0.5) is 14.9 Å². The summed E-state index contributed by atoms with van der Waals surface area (Å²) >= 11 is 0. The van der Waals surface area contributed by atoms with Crippen LogP contribution in [-0.2, 0) is 16.1 Å². The number of hydrogen-bond acceptors (Lipinski definition) is 7. The van der Waals surface area contributed by atoms with E-state index in [1.165, 1.54) is 17.9 Å². The number of benzene rings is 2. The lowest BCUT2D eigenvalue weighted by Crippen LogP contribution is -2.42. The number of aliphatic imine (C=N–C) groups is 1. The first kappa shape index (κ1) is 21.6. The van der Waals surface area contributed by atoms with E-state index in [9.17, 15) is 14.0 Å². The first-order chi connectivity index (χ1) is 15.5. The Morgan fingerprint density at radius 2 is 2.03 bits per heavy atom. The average Bonchev–Trinajstić information content (AvgIpc) is 3.43. The Balaban J connectivity index is 1.36. The molecule has 0 radical (unpaired) electrons. The third-order valence-electron chi connectivity index (χ3n) is 5.18. The Morgan fingerprint density at radius 3 is 2.72 bits per heavy atom. The van der Waals surface area contributed by atoms with Crippen molar-refractivity contribution in [1.29, 1.82) is 0 Å². The summed E-state index contributed by atoms with van der Waals surface area (Å²) in [6.07, 6.45) is -0.851. The van der Waals surface area contributed by atoms with Crippen molar-refractivity contribution in [2.24, 2.45) is 4.99 Å². The van der Waals surface area contributed by atoms with E-state index in [1.807, 2.05) is 18.2 Å². The van der Waals surface area contributed by atoms with Gasteiger partial charge < -0.3 is 15.4 Å². The van der Waals surface area contributed by atoms with Crippen LogP contribution in [0.3, 0.4) is 0 Å². The number of carbonyl (C=O) groups excluding carboxylic acids is 2. The summed E-state index contributed by atoms with van der Waals surface area (Å²) in [7, 11) is 0. The highest BCUT2D eigenvalue weighted by atomic mass is 19.1. The third-order valence-corrected chi connectivity index (χ3v) is 5.18. The maximum Gasteiger partial charge on any atom is 0.414 e. The van der Waals surface area contributed by atoms with Crippen LogP contribution in [0.15, 0.2) is 47.5 Å². The van der Waals surface area contributed by atoms with E-state index in [0.717, 1.165) is 24.2 Å². The van der Waals surface area contributed by atoms with Crippen molar-refractivity contribution in [3.63, 3.8) is 0 Å². The van der Waals surface area contributed by atoms with Gasteiger partial charge in [0.1, 0.15) is 11.9 Å². The molecule has 0 spiro atoms. The molecule has 4 rings (SSSR count). The maximum atomic E-state index is 14.6. The Morgan fingerprint density at radius 1 is 1.25 bits per heavy atom. The summed E-state index contributed by atoms with van der Waals surface area (Å²) < 4.78 is 19.9. The second-order valence-electron chi connectivity index (χ2n) is 7.54. The van der Waals surface area contributed by atoms with Crippen molar-refractivity contribution in [2.75, 3.05) is 31.1 Å². The molecular weight excluding hydrogens is 415 g/mol. The van der Waals surface area contributed by atoms with Crippen LogP contribution in [0.1, 0.15) is 12.5 Å². The van der Waals surface area contributed by atoms with Crippen molar-refractivity contribution in [2.45, 2.75) is 19.6 Å².